The Hall–Kier alpha value is -3.28. The number of benzene rings is 1. The third kappa shape index (κ3) is 6.13. The third-order valence-electron chi connectivity index (χ3n) is 3.92. The van der Waals surface area contributed by atoms with Gasteiger partial charge in [-0.15, -0.1) is 0 Å². The number of nitrogens with one attached hydrogen (secondary N) is 1. The van der Waals surface area contributed by atoms with Crippen LogP contribution >= 0.6 is 11.6 Å². The molecule has 0 aliphatic carbocycles. The zero-order chi connectivity index (χ0) is 23.5. The van der Waals surface area contributed by atoms with Crippen LogP contribution in [-0.4, -0.2) is 28.8 Å². The van der Waals surface area contributed by atoms with E-state index in [0.717, 1.165) is 6.20 Å². The second-order valence-corrected chi connectivity index (χ2v) is 6.78. The standard InChI is InChI=1S/C19H12ClF6N3O3/c20-11-3-1-10(2-4-11)13-6-14(27-8-15(13)31-9-18(21,22)23)17(30)28-7-12-5-16(32-29-12)19(24,25)26/h1-6,8H,7,9H2,(H,28,30). The van der Waals surface area contributed by atoms with Crippen molar-refractivity contribution >= 4 is 17.5 Å². The topological polar surface area (TPSA) is 77.2 Å². The first-order chi connectivity index (χ1) is 14.9. The summed E-state index contributed by atoms with van der Waals surface area (Å²) in [5, 5.41) is 5.90. The fourth-order valence-electron chi connectivity index (χ4n) is 2.49. The Labute approximate surface area is 181 Å². The molecule has 0 aliphatic heterocycles. The molecule has 13 heteroatoms. The second kappa shape index (κ2) is 9.07. The van der Waals surface area contributed by atoms with Crippen LogP contribution in [0.2, 0.25) is 5.02 Å². The Balaban J connectivity index is 1.81. The minimum Gasteiger partial charge on any atom is -0.482 e. The average Bonchev–Trinajstić information content (AvgIpc) is 3.20. The zero-order valence-electron chi connectivity index (χ0n) is 15.7. The first-order valence-electron chi connectivity index (χ1n) is 8.69. The number of carbonyl (C=O) groups excluding carboxylic acids is 1. The molecule has 0 saturated carbocycles. The quantitative estimate of drug-likeness (QED) is 0.487. The highest BCUT2D eigenvalue weighted by Gasteiger charge is 2.36. The first-order valence-corrected chi connectivity index (χ1v) is 9.07. The summed E-state index contributed by atoms with van der Waals surface area (Å²) >= 11 is 5.83. The lowest BCUT2D eigenvalue weighted by Gasteiger charge is -2.14. The van der Waals surface area contributed by atoms with Crippen molar-refractivity contribution in [3.05, 3.63) is 64.8 Å². The highest BCUT2D eigenvalue weighted by Crippen LogP contribution is 2.32. The van der Waals surface area contributed by atoms with Crippen LogP contribution in [0.5, 0.6) is 5.75 Å². The van der Waals surface area contributed by atoms with E-state index in [0.29, 0.717) is 16.7 Å². The van der Waals surface area contributed by atoms with E-state index in [1.165, 1.54) is 30.3 Å². The molecule has 3 rings (SSSR count). The molecule has 0 aliphatic rings. The summed E-state index contributed by atoms with van der Waals surface area (Å²) in [6.07, 6.45) is -8.38. The van der Waals surface area contributed by atoms with Gasteiger partial charge in [0.2, 0.25) is 5.76 Å². The number of pyridine rings is 1. The van der Waals surface area contributed by atoms with E-state index in [2.05, 4.69) is 20.0 Å². The molecule has 0 saturated heterocycles. The van der Waals surface area contributed by atoms with E-state index < -0.39 is 37.2 Å². The van der Waals surface area contributed by atoms with Crippen molar-refractivity contribution in [1.82, 2.24) is 15.5 Å². The minimum atomic E-state index is -4.73. The monoisotopic (exact) mass is 479 g/mol. The summed E-state index contributed by atoms with van der Waals surface area (Å²) in [6, 6.07) is 7.82. The van der Waals surface area contributed by atoms with Crippen LogP contribution < -0.4 is 10.1 Å². The molecule has 32 heavy (non-hydrogen) atoms. The van der Waals surface area contributed by atoms with E-state index >= 15 is 0 Å². The Morgan fingerprint density at radius 2 is 1.78 bits per heavy atom. The lowest BCUT2D eigenvalue weighted by atomic mass is 10.0. The third-order valence-corrected chi connectivity index (χ3v) is 4.17. The smallest absolute Gasteiger partial charge is 0.452 e. The average molecular weight is 480 g/mol. The van der Waals surface area contributed by atoms with Gasteiger partial charge in [-0.1, -0.05) is 28.9 Å². The number of hydrogen-bond acceptors (Lipinski definition) is 5. The molecule has 3 aromatic rings. The van der Waals surface area contributed by atoms with Crippen molar-refractivity contribution < 1.29 is 40.4 Å². The molecule has 0 radical (unpaired) electrons. The number of nitrogens with zero attached hydrogens (tertiary/aromatic N) is 2. The Kier molecular flexibility index (Phi) is 6.63. The maximum absolute atomic E-state index is 12.6. The van der Waals surface area contributed by atoms with Crippen LogP contribution in [0.1, 0.15) is 21.9 Å². The van der Waals surface area contributed by atoms with Gasteiger partial charge in [-0.25, -0.2) is 4.98 Å². The predicted molar refractivity (Wildman–Crippen MR) is 98.9 cm³/mol. The first kappa shape index (κ1) is 23.4. The van der Waals surface area contributed by atoms with E-state index in [1.54, 1.807) is 0 Å². The Bertz CT molecular complexity index is 1100. The van der Waals surface area contributed by atoms with Crippen LogP contribution in [-0.2, 0) is 12.7 Å². The van der Waals surface area contributed by atoms with Crippen molar-refractivity contribution in [3.63, 3.8) is 0 Å². The van der Waals surface area contributed by atoms with Gasteiger partial charge in [-0.2, -0.15) is 26.3 Å². The molecular formula is C19H12ClF6N3O3. The molecule has 2 aromatic heterocycles. The molecule has 1 N–H and O–H groups in total. The zero-order valence-corrected chi connectivity index (χ0v) is 16.5. The fraction of sp³-hybridized carbons (Fsp3) is 0.211. The van der Waals surface area contributed by atoms with E-state index in [4.69, 9.17) is 16.3 Å². The van der Waals surface area contributed by atoms with Crippen LogP contribution in [0, 0.1) is 0 Å². The summed E-state index contributed by atoms with van der Waals surface area (Å²) in [6.45, 7) is -1.97. The summed E-state index contributed by atoms with van der Waals surface area (Å²) in [7, 11) is 0. The number of alkyl halides is 6. The van der Waals surface area contributed by atoms with Gasteiger partial charge in [0.1, 0.15) is 17.1 Å². The molecule has 1 aromatic carbocycles. The van der Waals surface area contributed by atoms with Crippen molar-refractivity contribution in [2.75, 3.05) is 6.61 Å². The van der Waals surface area contributed by atoms with Crippen molar-refractivity contribution in [1.29, 1.82) is 0 Å². The minimum absolute atomic E-state index is 0.131. The lowest BCUT2D eigenvalue weighted by Crippen LogP contribution is -2.24. The molecule has 0 fully saturated rings. The molecule has 0 spiro atoms. The lowest BCUT2D eigenvalue weighted by molar-refractivity contribution is -0.155. The summed E-state index contributed by atoms with van der Waals surface area (Å²) in [5.74, 6) is -2.36. The van der Waals surface area contributed by atoms with Gasteiger partial charge in [0.05, 0.1) is 12.7 Å². The number of carbonyl (C=O) groups is 1. The van der Waals surface area contributed by atoms with E-state index in [9.17, 15) is 31.1 Å². The molecular weight excluding hydrogens is 468 g/mol. The van der Waals surface area contributed by atoms with Gasteiger partial charge >= 0.3 is 12.4 Å². The Morgan fingerprint density at radius 3 is 2.38 bits per heavy atom. The highest BCUT2D eigenvalue weighted by molar-refractivity contribution is 6.30. The maximum Gasteiger partial charge on any atom is 0.452 e. The van der Waals surface area contributed by atoms with Gasteiger partial charge in [-0.3, -0.25) is 4.79 Å². The SMILES string of the molecule is O=C(NCc1cc(C(F)(F)F)on1)c1cc(-c2ccc(Cl)cc2)c(OCC(F)(F)F)cn1. The van der Waals surface area contributed by atoms with Gasteiger partial charge in [0, 0.05) is 16.7 Å². The van der Waals surface area contributed by atoms with Gasteiger partial charge < -0.3 is 14.6 Å². The van der Waals surface area contributed by atoms with Crippen LogP contribution in [0.3, 0.4) is 0 Å². The normalized spacial score (nSPS) is 12.0. The van der Waals surface area contributed by atoms with Crippen LogP contribution in [0.25, 0.3) is 11.1 Å². The fourth-order valence-corrected chi connectivity index (χ4v) is 2.61. The summed E-state index contributed by atoms with van der Waals surface area (Å²) in [5.41, 5.74) is 0.129. The second-order valence-electron chi connectivity index (χ2n) is 6.34. The summed E-state index contributed by atoms with van der Waals surface area (Å²) < 4.78 is 84.3. The molecule has 2 heterocycles. The van der Waals surface area contributed by atoms with Gasteiger partial charge in [0.25, 0.3) is 5.91 Å². The number of hydrogen-bond donors (Lipinski definition) is 1. The molecule has 0 bridgehead atoms. The van der Waals surface area contributed by atoms with Crippen molar-refractivity contribution in [2.24, 2.45) is 0 Å². The number of rotatable bonds is 6. The van der Waals surface area contributed by atoms with Crippen molar-refractivity contribution in [3.8, 4) is 16.9 Å². The van der Waals surface area contributed by atoms with Gasteiger partial charge in [-0.05, 0) is 23.8 Å². The number of amides is 1. The van der Waals surface area contributed by atoms with Crippen LogP contribution in [0.15, 0.2) is 47.1 Å². The molecule has 6 nitrogen and oxygen atoms in total. The van der Waals surface area contributed by atoms with E-state index in [1.807, 2.05) is 0 Å². The van der Waals surface area contributed by atoms with Crippen LogP contribution in [0.4, 0.5) is 26.3 Å². The molecule has 0 atom stereocenters. The van der Waals surface area contributed by atoms with Crippen molar-refractivity contribution in [2.45, 2.75) is 18.9 Å². The largest absolute Gasteiger partial charge is 0.482 e. The number of ether oxygens (including phenoxy) is 1. The molecule has 1 amide bonds. The number of halogens is 7. The predicted octanol–water partition coefficient (Wildman–Crippen LogP) is 5.28. The maximum atomic E-state index is 12.6. The Morgan fingerprint density at radius 1 is 1.09 bits per heavy atom. The molecule has 0 unspecified atom stereocenters. The van der Waals surface area contributed by atoms with E-state index in [-0.39, 0.29) is 22.7 Å². The number of aromatic nitrogens is 2. The summed E-state index contributed by atoms with van der Waals surface area (Å²) in [4.78, 5) is 16.2. The van der Waals surface area contributed by atoms with Gasteiger partial charge in [0.15, 0.2) is 6.61 Å². The highest BCUT2D eigenvalue weighted by atomic mass is 35.5. The molecule has 170 valence electrons.